The summed E-state index contributed by atoms with van der Waals surface area (Å²) in [6, 6.07) is 0. The molecule has 0 N–H and O–H groups in total. The van der Waals surface area contributed by atoms with Crippen molar-refractivity contribution in [1.29, 1.82) is 0 Å². The fourth-order valence-corrected chi connectivity index (χ4v) is 4.34. The van der Waals surface area contributed by atoms with Crippen LogP contribution in [0.2, 0.25) is 0 Å². The first-order valence-corrected chi connectivity index (χ1v) is 10.7. The number of nitrogens with zero attached hydrogens (tertiary/aromatic N) is 5. The highest BCUT2D eigenvalue weighted by Gasteiger charge is 2.31. The number of aryl methyl sites for hydroxylation is 2. The third kappa shape index (κ3) is 4.11. The predicted molar refractivity (Wildman–Crippen MR) is 122 cm³/mol. The number of rotatable bonds is 6. The largest absolute Gasteiger partial charge is 0.465 e. The highest BCUT2D eigenvalue weighted by molar-refractivity contribution is 7.15. The van der Waals surface area contributed by atoms with Gasteiger partial charge >= 0.3 is 5.97 Å². The summed E-state index contributed by atoms with van der Waals surface area (Å²) in [7, 11) is 0. The van der Waals surface area contributed by atoms with Crippen molar-refractivity contribution < 1.29 is 9.53 Å². The number of ether oxygens (including phenoxy) is 1. The highest BCUT2D eigenvalue weighted by atomic mass is 35.5. The van der Waals surface area contributed by atoms with E-state index >= 15 is 0 Å². The molecule has 2 aromatic rings. The Morgan fingerprint density at radius 2 is 2.00 bits per heavy atom. The molecule has 9 heteroatoms. The number of halogens is 1. The van der Waals surface area contributed by atoms with E-state index in [1.165, 1.54) is 4.88 Å². The van der Waals surface area contributed by atoms with Gasteiger partial charge in [-0.15, -0.1) is 21.5 Å². The summed E-state index contributed by atoms with van der Waals surface area (Å²) in [6.07, 6.45) is 5.23. The number of hydrazone groups is 1. The minimum Gasteiger partial charge on any atom is -0.465 e. The zero-order valence-electron chi connectivity index (χ0n) is 17.7. The van der Waals surface area contributed by atoms with Crippen molar-refractivity contribution in [3.63, 3.8) is 0 Å². The summed E-state index contributed by atoms with van der Waals surface area (Å²) in [5.41, 5.74) is 3.75. The van der Waals surface area contributed by atoms with Crippen molar-refractivity contribution in [2.45, 2.75) is 34.6 Å². The number of aromatic nitrogens is 3. The van der Waals surface area contributed by atoms with Gasteiger partial charge in [-0.25, -0.2) is 5.01 Å². The van der Waals surface area contributed by atoms with E-state index in [2.05, 4.69) is 30.6 Å². The Bertz CT molecular complexity index is 1090. The van der Waals surface area contributed by atoms with E-state index < -0.39 is 0 Å². The molecule has 0 aliphatic carbocycles. The van der Waals surface area contributed by atoms with Gasteiger partial charge in [0.1, 0.15) is 17.4 Å². The third-order valence-corrected chi connectivity index (χ3v) is 6.18. The normalized spacial score (nSPS) is 14.1. The first-order chi connectivity index (χ1) is 14.3. The maximum atomic E-state index is 12.3. The summed E-state index contributed by atoms with van der Waals surface area (Å²) in [6.45, 7) is 13.7. The quantitative estimate of drug-likeness (QED) is 0.480. The number of thiophene rings is 1. The topological polar surface area (TPSA) is 72.6 Å². The van der Waals surface area contributed by atoms with Crippen LogP contribution in [0.25, 0.3) is 5.00 Å². The lowest BCUT2D eigenvalue weighted by Crippen LogP contribution is -2.29. The van der Waals surface area contributed by atoms with E-state index in [0.717, 1.165) is 27.4 Å². The van der Waals surface area contributed by atoms with E-state index in [-0.39, 0.29) is 12.5 Å². The molecule has 2 aromatic heterocycles. The average molecular weight is 446 g/mol. The van der Waals surface area contributed by atoms with Gasteiger partial charge in [-0.3, -0.25) is 9.36 Å². The zero-order chi connectivity index (χ0) is 22.0. The van der Waals surface area contributed by atoms with E-state index in [9.17, 15) is 4.79 Å². The van der Waals surface area contributed by atoms with Gasteiger partial charge in [-0.1, -0.05) is 30.3 Å². The smallest absolute Gasteiger partial charge is 0.327 e. The molecule has 1 aliphatic rings. The highest BCUT2D eigenvalue weighted by Crippen LogP contribution is 2.38. The summed E-state index contributed by atoms with van der Waals surface area (Å²) < 4.78 is 7.08. The van der Waals surface area contributed by atoms with E-state index in [1.54, 1.807) is 35.4 Å². The first kappa shape index (κ1) is 22.0. The van der Waals surface area contributed by atoms with E-state index in [1.807, 2.05) is 24.5 Å². The molecule has 0 unspecified atom stereocenters. The summed E-state index contributed by atoms with van der Waals surface area (Å²) in [5, 5.41) is 16.4. The molecule has 3 rings (SSSR count). The number of allylic oxidation sites excluding steroid dienone is 5. The lowest BCUT2D eigenvalue weighted by Gasteiger charge is -2.16. The van der Waals surface area contributed by atoms with Crippen LogP contribution in [0.15, 0.2) is 40.5 Å². The molecule has 158 valence electrons. The first-order valence-electron chi connectivity index (χ1n) is 9.49. The summed E-state index contributed by atoms with van der Waals surface area (Å²) >= 11 is 7.74. The second kappa shape index (κ2) is 8.97. The minimum absolute atomic E-state index is 0.0705. The molecule has 0 amide bonds. The zero-order valence-corrected chi connectivity index (χ0v) is 19.3. The number of carbonyl (C=O) groups excluding carboxylic acids is 1. The Morgan fingerprint density at radius 1 is 1.27 bits per heavy atom. The average Bonchev–Trinajstić information content (AvgIpc) is 3.18. The number of hydrogen-bond acceptors (Lipinski definition) is 7. The van der Waals surface area contributed by atoms with Gasteiger partial charge in [0.25, 0.3) is 5.95 Å². The fourth-order valence-electron chi connectivity index (χ4n) is 3.08. The Hall–Kier alpha value is -2.71. The molecule has 0 radical (unpaired) electrons. The van der Waals surface area contributed by atoms with Gasteiger partial charge in [0.2, 0.25) is 0 Å². The maximum Gasteiger partial charge on any atom is 0.327 e. The van der Waals surface area contributed by atoms with Gasteiger partial charge in [-0.2, -0.15) is 5.10 Å². The van der Waals surface area contributed by atoms with Crippen LogP contribution in [0.5, 0.6) is 0 Å². The predicted octanol–water partition coefficient (Wildman–Crippen LogP) is 4.60. The Labute approximate surface area is 185 Å². The molecule has 0 saturated heterocycles. The van der Waals surface area contributed by atoms with Gasteiger partial charge < -0.3 is 4.74 Å². The second-order valence-electron chi connectivity index (χ2n) is 6.76. The van der Waals surface area contributed by atoms with Gasteiger partial charge in [-0.05, 0) is 51.8 Å². The summed E-state index contributed by atoms with van der Waals surface area (Å²) in [4.78, 5) is 13.4. The molecule has 0 aromatic carbocycles. The van der Waals surface area contributed by atoms with Crippen molar-refractivity contribution in [2.24, 2.45) is 5.10 Å². The van der Waals surface area contributed by atoms with E-state index in [4.69, 9.17) is 21.4 Å². The monoisotopic (exact) mass is 445 g/mol. The third-order valence-electron chi connectivity index (χ3n) is 4.71. The van der Waals surface area contributed by atoms with Crippen LogP contribution >= 0.6 is 22.9 Å². The number of carbonyl (C=O) groups is 1. The molecule has 0 fully saturated rings. The molecule has 0 atom stereocenters. The van der Waals surface area contributed by atoms with Crippen LogP contribution < -0.4 is 5.01 Å². The molecule has 30 heavy (non-hydrogen) atoms. The molecule has 0 bridgehead atoms. The van der Waals surface area contributed by atoms with Gasteiger partial charge in [0.05, 0.1) is 12.3 Å². The number of esters is 1. The Kier molecular flexibility index (Phi) is 6.58. The van der Waals surface area contributed by atoms with Crippen molar-refractivity contribution in [3.8, 4) is 5.00 Å². The van der Waals surface area contributed by atoms with Crippen LogP contribution in [0.1, 0.15) is 35.7 Å². The lowest BCUT2D eigenvalue weighted by atomic mass is 10.0. The molecule has 3 heterocycles. The molecule has 1 aliphatic heterocycles. The van der Waals surface area contributed by atoms with Crippen molar-refractivity contribution in [3.05, 3.63) is 57.2 Å². The van der Waals surface area contributed by atoms with E-state index in [0.29, 0.717) is 23.4 Å². The standard InChI is InChI=1S/C21H24ClN5O2S/c1-7-16(22)10-9-12(3)19-18-13(4)14(5)30-20(18)27-15(6)23-24-21(27)26(25-19)11-17(28)29-8-2/h7,9-10H,1,8,11H2,2-6H3/b12-9+,16-10+. The van der Waals surface area contributed by atoms with Gasteiger partial charge in [0, 0.05) is 15.5 Å². The van der Waals surface area contributed by atoms with Crippen LogP contribution in [-0.4, -0.2) is 39.6 Å². The molecular formula is C21H24ClN5O2S. The molecule has 0 spiro atoms. The molecule has 0 saturated carbocycles. The number of hydrogen-bond donors (Lipinski definition) is 0. The number of anilines is 1. The van der Waals surface area contributed by atoms with Crippen molar-refractivity contribution in [2.75, 3.05) is 18.2 Å². The number of fused-ring (bicyclic) bond motifs is 3. The van der Waals surface area contributed by atoms with Crippen LogP contribution in [0, 0.1) is 20.8 Å². The lowest BCUT2D eigenvalue weighted by molar-refractivity contribution is -0.141. The van der Waals surface area contributed by atoms with Gasteiger partial charge in [0.15, 0.2) is 0 Å². The molecular weight excluding hydrogens is 422 g/mol. The summed E-state index contributed by atoms with van der Waals surface area (Å²) in [5.74, 6) is 0.807. The maximum absolute atomic E-state index is 12.3. The SMILES string of the molecule is C=C/C(Cl)=C\C=C(/C)C1=NN(CC(=O)OCC)c2nnc(C)n2-c2sc(C)c(C)c21. The van der Waals surface area contributed by atoms with Crippen LogP contribution in [-0.2, 0) is 9.53 Å². The van der Waals surface area contributed by atoms with Crippen molar-refractivity contribution in [1.82, 2.24) is 14.8 Å². The fraction of sp³-hybridized carbons (Fsp3) is 0.333. The Morgan fingerprint density at radius 3 is 2.67 bits per heavy atom. The van der Waals surface area contributed by atoms with Crippen molar-refractivity contribution >= 4 is 40.6 Å². The Balaban J connectivity index is 2.24. The molecule has 7 nitrogen and oxygen atoms in total. The second-order valence-corrected chi connectivity index (χ2v) is 8.40. The van der Waals surface area contributed by atoms with Crippen LogP contribution in [0.4, 0.5) is 5.95 Å². The van der Waals surface area contributed by atoms with Crippen LogP contribution in [0.3, 0.4) is 0 Å². The minimum atomic E-state index is -0.387.